The molecule has 3 nitrogen and oxygen atoms in total. The van der Waals surface area contributed by atoms with E-state index in [0.29, 0.717) is 0 Å². The van der Waals surface area contributed by atoms with Gasteiger partial charge in [0.15, 0.2) is 0 Å². The van der Waals surface area contributed by atoms with E-state index >= 15 is 0 Å². The third kappa shape index (κ3) is 4.87. The van der Waals surface area contributed by atoms with Crippen molar-refractivity contribution in [1.29, 1.82) is 0 Å². The zero-order valence-electron chi connectivity index (χ0n) is 27.1. The van der Waals surface area contributed by atoms with E-state index < -0.39 is 0 Å². The van der Waals surface area contributed by atoms with Crippen molar-refractivity contribution >= 4 is 71.3 Å². The first-order valence-electron chi connectivity index (χ1n) is 16.9. The molecule has 8 aromatic carbocycles. The second-order valence-electron chi connectivity index (χ2n) is 12.9. The molecule has 2 aromatic heterocycles. The Kier molecular flexibility index (Phi) is 6.49. The van der Waals surface area contributed by atoms with E-state index in [1.54, 1.807) is 0 Å². The first-order chi connectivity index (χ1) is 24.7. The second kappa shape index (κ2) is 11.5. The van der Waals surface area contributed by atoms with Gasteiger partial charge in [0.1, 0.15) is 11.2 Å². The Morgan fingerprint density at radius 2 is 0.880 bits per heavy atom. The van der Waals surface area contributed by atoms with E-state index in [2.05, 4.69) is 180 Å². The van der Waals surface area contributed by atoms with Crippen LogP contribution in [0.15, 0.2) is 187 Å². The normalized spacial score (nSPS) is 11.6. The van der Waals surface area contributed by atoms with Crippen LogP contribution < -0.4 is 4.90 Å². The van der Waals surface area contributed by atoms with Crippen LogP contribution in [0.5, 0.6) is 0 Å². The van der Waals surface area contributed by atoms with Crippen LogP contribution in [0.3, 0.4) is 0 Å². The van der Waals surface area contributed by atoms with Crippen molar-refractivity contribution in [2.24, 2.45) is 0 Å². The van der Waals surface area contributed by atoms with Crippen LogP contribution in [-0.2, 0) is 0 Å². The highest BCUT2D eigenvalue weighted by Gasteiger charge is 2.17. The highest BCUT2D eigenvalue weighted by atomic mass is 16.3. The summed E-state index contributed by atoms with van der Waals surface area (Å²) in [6, 6.07) is 60.9. The van der Waals surface area contributed by atoms with E-state index in [9.17, 15) is 0 Å². The van der Waals surface area contributed by atoms with E-state index in [4.69, 9.17) is 4.42 Å². The molecular formula is C47H30N2O. The number of furan rings is 1. The Morgan fingerprint density at radius 1 is 0.360 bits per heavy atom. The van der Waals surface area contributed by atoms with Gasteiger partial charge in [-0.25, -0.2) is 0 Å². The van der Waals surface area contributed by atoms with Gasteiger partial charge in [-0.15, -0.1) is 0 Å². The Bertz CT molecular complexity index is 2750. The van der Waals surface area contributed by atoms with E-state index in [0.717, 1.165) is 44.4 Å². The lowest BCUT2D eigenvalue weighted by atomic mass is 10.0. The molecule has 0 unspecified atom stereocenters. The van der Waals surface area contributed by atoms with Crippen molar-refractivity contribution in [3.8, 4) is 22.3 Å². The molecule has 0 radical (unpaired) electrons. The summed E-state index contributed by atoms with van der Waals surface area (Å²) < 4.78 is 6.52. The number of benzene rings is 8. The highest BCUT2D eigenvalue weighted by molar-refractivity contribution is 6.11. The van der Waals surface area contributed by atoms with Crippen molar-refractivity contribution < 1.29 is 4.42 Å². The Balaban J connectivity index is 1.08. The largest absolute Gasteiger partial charge is 0.456 e. The predicted molar refractivity (Wildman–Crippen MR) is 210 cm³/mol. The average molecular weight is 639 g/mol. The van der Waals surface area contributed by atoms with Crippen LogP contribution in [0.4, 0.5) is 17.1 Å². The zero-order valence-corrected chi connectivity index (χ0v) is 27.1. The van der Waals surface area contributed by atoms with Gasteiger partial charge in [0.25, 0.3) is 0 Å². The van der Waals surface area contributed by atoms with Gasteiger partial charge < -0.3 is 9.32 Å². The predicted octanol–water partition coefficient (Wildman–Crippen LogP) is 13.2. The minimum atomic E-state index is 0.868. The van der Waals surface area contributed by atoms with Crippen molar-refractivity contribution in [1.82, 2.24) is 4.98 Å². The molecule has 0 saturated carbocycles. The first kappa shape index (κ1) is 28.3. The maximum absolute atomic E-state index is 6.52. The van der Waals surface area contributed by atoms with Gasteiger partial charge in [0, 0.05) is 51.7 Å². The summed E-state index contributed by atoms with van der Waals surface area (Å²) in [5.74, 6) is 0. The van der Waals surface area contributed by atoms with Gasteiger partial charge in [-0.3, -0.25) is 4.98 Å². The molecule has 3 heteroatoms. The van der Waals surface area contributed by atoms with E-state index in [-0.39, 0.29) is 0 Å². The third-order valence-electron chi connectivity index (χ3n) is 9.89. The van der Waals surface area contributed by atoms with Crippen molar-refractivity contribution in [2.45, 2.75) is 0 Å². The topological polar surface area (TPSA) is 29.3 Å². The summed E-state index contributed by atoms with van der Waals surface area (Å²) in [7, 11) is 0. The fourth-order valence-electron chi connectivity index (χ4n) is 7.27. The summed E-state index contributed by atoms with van der Waals surface area (Å²) >= 11 is 0. The monoisotopic (exact) mass is 638 g/mol. The maximum Gasteiger partial charge on any atom is 0.137 e. The number of anilines is 3. The molecule has 0 fully saturated rings. The number of hydrogen-bond acceptors (Lipinski definition) is 3. The Labute approximate surface area is 289 Å². The number of aromatic nitrogens is 1. The van der Waals surface area contributed by atoms with E-state index in [1.165, 1.54) is 49.2 Å². The number of fused-ring (bicyclic) bond motifs is 6. The fraction of sp³-hybridized carbons (Fsp3) is 0. The van der Waals surface area contributed by atoms with Crippen molar-refractivity contribution in [3.05, 3.63) is 182 Å². The first-order valence-corrected chi connectivity index (χ1v) is 16.9. The van der Waals surface area contributed by atoms with Crippen molar-refractivity contribution in [3.63, 3.8) is 0 Å². The van der Waals surface area contributed by atoms with Gasteiger partial charge >= 0.3 is 0 Å². The second-order valence-corrected chi connectivity index (χ2v) is 12.9. The molecule has 2 heterocycles. The molecule has 0 aliphatic rings. The zero-order chi connectivity index (χ0) is 33.0. The minimum absolute atomic E-state index is 0.868. The minimum Gasteiger partial charge on any atom is -0.456 e. The third-order valence-corrected chi connectivity index (χ3v) is 9.89. The number of rotatable bonds is 5. The van der Waals surface area contributed by atoms with Gasteiger partial charge in [-0.05, 0) is 116 Å². The van der Waals surface area contributed by atoms with Crippen LogP contribution in [0, 0.1) is 0 Å². The molecule has 0 aliphatic carbocycles. The SMILES string of the molecule is c1ccc2cc(-c3ccc(N(c4ccc(-c5ccc6cnccc6c5)cc4)c4ccc5c(c4)oc4cc6ccccc6cc45)cc3)ccc2c1. The number of hydrogen-bond donors (Lipinski definition) is 0. The molecule has 0 N–H and O–H groups in total. The molecule has 0 saturated heterocycles. The quantitative estimate of drug-likeness (QED) is 0.188. The lowest BCUT2D eigenvalue weighted by Gasteiger charge is -2.26. The van der Waals surface area contributed by atoms with Crippen molar-refractivity contribution in [2.75, 3.05) is 4.90 Å². The smallest absolute Gasteiger partial charge is 0.137 e. The number of pyridine rings is 1. The van der Waals surface area contributed by atoms with Crippen LogP contribution >= 0.6 is 0 Å². The summed E-state index contributed by atoms with van der Waals surface area (Å²) in [6.45, 7) is 0. The van der Waals surface area contributed by atoms with Gasteiger partial charge in [0.2, 0.25) is 0 Å². The summed E-state index contributed by atoms with van der Waals surface area (Å²) in [4.78, 5) is 6.58. The van der Waals surface area contributed by atoms with Crippen LogP contribution in [-0.4, -0.2) is 4.98 Å². The average Bonchev–Trinajstić information content (AvgIpc) is 3.53. The molecule has 0 spiro atoms. The van der Waals surface area contributed by atoms with Gasteiger partial charge in [0.05, 0.1) is 0 Å². The number of nitrogens with zero attached hydrogens (tertiary/aromatic N) is 2. The summed E-state index contributed by atoms with van der Waals surface area (Å²) in [6.07, 6.45) is 3.76. The van der Waals surface area contributed by atoms with Crippen LogP contribution in [0.2, 0.25) is 0 Å². The summed E-state index contributed by atoms with van der Waals surface area (Å²) in [5.41, 5.74) is 9.67. The molecule has 10 rings (SSSR count). The van der Waals surface area contributed by atoms with Gasteiger partial charge in [-0.1, -0.05) is 97.1 Å². The van der Waals surface area contributed by atoms with E-state index in [1.807, 2.05) is 12.4 Å². The molecule has 0 amide bonds. The lowest BCUT2D eigenvalue weighted by molar-refractivity contribution is 0.669. The van der Waals surface area contributed by atoms with Crippen LogP contribution in [0.25, 0.3) is 76.5 Å². The molecule has 234 valence electrons. The molecule has 10 aromatic rings. The van der Waals surface area contributed by atoms with Crippen LogP contribution in [0.1, 0.15) is 0 Å². The Morgan fingerprint density at radius 3 is 1.56 bits per heavy atom. The highest BCUT2D eigenvalue weighted by Crippen LogP contribution is 2.40. The summed E-state index contributed by atoms with van der Waals surface area (Å²) in [5, 5.41) is 9.44. The molecule has 0 bridgehead atoms. The lowest BCUT2D eigenvalue weighted by Crippen LogP contribution is -2.09. The fourth-order valence-corrected chi connectivity index (χ4v) is 7.27. The van der Waals surface area contributed by atoms with Gasteiger partial charge in [-0.2, -0.15) is 0 Å². The Hall–Kier alpha value is -6.71. The maximum atomic E-state index is 6.52. The molecular weight excluding hydrogens is 609 g/mol. The standard InChI is InChI=1S/C47H30N2O/c1-2-6-34-25-37(10-9-31(34)5-1)32-13-17-41(18-14-32)49(42-19-15-33(16-20-42)38-11-12-40-30-48-24-23-39(40)26-38)43-21-22-44-45-27-35-7-3-4-8-36(35)28-46(45)50-47(44)29-43/h1-30H. The molecule has 50 heavy (non-hydrogen) atoms. The molecule has 0 aliphatic heterocycles. The molecule has 0 atom stereocenters.